The minimum Gasteiger partial charge on any atom is -0.370 e. The Balaban J connectivity index is 2.11. The van der Waals surface area contributed by atoms with Gasteiger partial charge in [0.25, 0.3) is 0 Å². The van der Waals surface area contributed by atoms with Gasteiger partial charge in [0.05, 0.1) is 0 Å². The average molecular weight is 155 g/mol. The summed E-state index contributed by atoms with van der Waals surface area (Å²) in [6.07, 6.45) is 2.45. The molecule has 3 nitrogen and oxygen atoms in total. The molecule has 4 N–H and O–H groups in total. The summed E-state index contributed by atoms with van der Waals surface area (Å²) in [4.78, 5) is 0. The molecule has 11 heavy (non-hydrogen) atoms. The van der Waals surface area contributed by atoms with Crippen molar-refractivity contribution < 1.29 is 0 Å². The van der Waals surface area contributed by atoms with Crippen molar-refractivity contribution in [1.82, 2.24) is 5.32 Å². The molecule has 0 amide bonds. The molecule has 0 aromatic rings. The fraction of sp³-hybridized carbons (Fsp3) is 0.875. The number of hydrogen-bond donors (Lipinski definition) is 3. The first-order chi connectivity index (χ1) is 5.09. The Morgan fingerprint density at radius 2 is 2.36 bits per heavy atom. The fourth-order valence-corrected chi connectivity index (χ4v) is 1.49. The molecule has 0 spiro atoms. The largest absolute Gasteiger partial charge is 0.370 e. The monoisotopic (exact) mass is 155 g/mol. The van der Waals surface area contributed by atoms with E-state index >= 15 is 0 Å². The highest BCUT2D eigenvalue weighted by Gasteiger charge is 2.37. The van der Waals surface area contributed by atoms with Gasteiger partial charge in [0, 0.05) is 6.04 Å². The van der Waals surface area contributed by atoms with Gasteiger partial charge in [-0.1, -0.05) is 13.8 Å². The van der Waals surface area contributed by atoms with Crippen LogP contribution in [0.3, 0.4) is 0 Å². The first-order valence-corrected chi connectivity index (χ1v) is 4.20. The summed E-state index contributed by atoms with van der Waals surface area (Å²) < 4.78 is 0. The van der Waals surface area contributed by atoms with E-state index in [-0.39, 0.29) is 5.96 Å². The van der Waals surface area contributed by atoms with Crippen molar-refractivity contribution in [2.45, 2.75) is 32.7 Å². The van der Waals surface area contributed by atoms with Gasteiger partial charge >= 0.3 is 0 Å². The van der Waals surface area contributed by atoms with Gasteiger partial charge in [0.2, 0.25) is 0 Å². The molecule has 0 aliphatic heterocycles. The number of nitrogens with two attached hydrogens (primary N) is 1. The quantitative estimate of drug-likeness (QED) is 0.419. The molecular formula is C8H17N3. The lowest BCUT2D eigenvalue weighted by molar-refractivity contribution is 0.524. The maximum absolute atomic E-state index is 7.00. The minimum absolute atomic E-state index is 0.112. The van der Waals surface area contributed by atoms with Gasteiger partial charge in [-0.2, -0.15) is 0 Å². The van der Waals surface area contributed by atoms with Gasteiger partial charge in [-0.15, -0.1) is 0 Å². The summed E-state index contributed by atoms with van der Waals surface area (Å²) in [5.41, 5.74) is 5.20. The van der Waals surface area contributed by atoms with Crippen molar-refractivity contribution >= 4 is 5.96 Å². The van der Waals surface area contributed by atoms with Crippen LogP contribution in [-0.4, -0.2) is 12.0 Å². The van der Waals surface area contributed by atoms with Crippen LogP contribution >= 0.6 is 0 Å². The van der Waals surface area contributed by atoms with Gasteiger partial charge in [-0.05, 0) is 24.7 Å². The van der Waals surface area contributed by atoms with Crippen LogP contribution in [0.2, 0.25) is 0 Å². The van der Waals surface area contributed by atoms with Gasteiger partial charge in [0.15, 0.2) is 5.96 Å². The maximum Gasteiger partial charge on any atom is 0.185 e. The van der Waals surface area contributed by atoms with Crippen LogP contribution in [0.15, 0.2) is 0 Å². The summed E-state index contributed by atoms with van der Waals surface area (Å²) in [6.45, 7) is 4.45. The van der Waals surface area contributed by atoms with Crippen molar-refractivity contribution in [2.24, 2.45) is 17.6 Å². The van der Waals surface area contributed by atoms with E-state index < -0.39 is 0 Å². The average Bonchev–Trinajstić information content (AvgIpc) is 2.43. The molecule has 64 valence electrons. The molecule has 2 atom stereocenters. The first kappa shape index (κ1) is 8.37. The predicted molar refractivity (Wildman–Crippen MR) is 46.4 cm³/mol. The van der Waals surface area contributed by atoms with Gasteiger partial charge in [-0.3, -0.25) is 5.41 Å². The van der Waals surface area contributed by atoms with Crippen LogP contribution in [0.25, 0.3) is 0 Å². The first-order valence-electron chi connectivity index (χ1n) is 4.20. The Hall–Kier alpha value is -0.730. The normalized spacial score (nSPS) is 28.6. The lowest BCUT2D eigenvalue weighted by atomic mass is 10.1. The van der Waals surface area contributed by atoms with Crippen LogP contribution in [0.1, 0.15) is 26.7 Å². The van der Waals surface area contributed by atoms with Crippen molar-refractivity contribution in [2.75, 3.05) is 0 Å². The van der Waals surface area contributed by atoms with E-state index in [1.807, 2.05) is 0 Å². The SMILES string of the molecule is CC(C)CC1CC1NC(=N)N. The number of hydrogen-bond acceptors (Lipinski definition) is 1. The molecule has 0 bridgehead atoms. The predicted octanol–water partition coefficient (Wildman–Crippen LogP) is 0.904. The summed E-state index contributed by atoms with van der Waals surface area (Å²) in [5.74, 6) is 1.64. The highest BCUT2D eigenvalue weighted by molar-refractivity contribution is 5.75. The Bertz CT molecular complexity index is 153. The number of nitrogens with one attached hydrogen (secondary N) is 2. The molecule has 1 fully saturated rings. The fourth-order valence-electron chi connectivity index (χ4n) is 1.49. The third kappa shape index (κ3) is 2.78. The van der Waals surface area contributed by atoms with E-state index in [2.05, 4.69) is 19.2 Å². The zero-order valence-electron chi connectivity index (χ0n) is 7.22. The molecule has 0 radical (unpaired) electrons. The zero-order valence-corrected chi connectivity index (χ0v) is 7.22. The Morgan fingerprint density at radius 1 is 1.73 bits per heavy atom. The molecule has 0 aromatic heterocycles. The van der Waals surface area contributed by atoms with Crippen molar-refractivity contribution in [3.05, 3.63) is 0 Å². The minimum atomic E-state index is 0.112. The highest BCUT2D eigenvalue weighted by atomic mass is 15.1. The number of rotatable bonds is 3. The van der Waals surface area contributed by atoms with E-state index in [4.69, 9.17) is 11.1 Å². The molecule has 3 heteroatoms. The van der Waals surface area contributed by atoms with Crippen molar-refractivity contribution in [3.63, 3.8) is 0 Å². The van der Waals surface area contributed by atoms with E-state index in [1.54, 1.807) is 0 Å². The molecule has 1 saturated carbocycles. The summed E-state index contributed by atoms with van der Waals surface area (Å²) in [7, 11) is 0. The molecule has 1 aliphatic carbocycles. The van der Waals surface area contributed by atoms with Crippen LogP contribution in [-0.2, 0) is 0 Å². The summed E-state index contributed by atoms with van der Waals surface area (Å²) in [5, 5.41) is 9.94. The molecule has 1 rings (SSSR count). The van der Waals surface area contributed by atoms with Crippen LogP contribution in [0.4, 0.5) is 0 Å². The molecule has 0 heterocycles. The van der Waals surface area contributed by atoms with E-state index in [0.717, 1.165) is 11.8 Å². The van der Waals surface area contributed by atoms with E-state index in [0.29, 0.717) is 6.04 Å². The molecule has 0 saturated heterocycles. The lowest BCUT2D eigenvalue weighted by Gasteiger charge is -2.04. The van der Waals surface area contributed by atoms with Gasteiger partial charge in [0.1, 0.15) is 0 Å². The second-order valence-corrected chi connectivity index (χ2v) is 3.79. The van der Waals surface area contributed by atoms with E-state index in [1.165, 1.54) is 12.8 Å². The highest BCUT2D eigenvalue weighted by Crippen LogP contribution is 2.35. The van der Waals surface area contributed by atoms with Crippen LogP contribution < -0.4 is 11.1 Å². The Kier molecular flexibility index (Phi) is 2.37. The summed E-state index contributed by atoms with van der Waals surface area (Å²) in [6, 6.07) is 0.495. The van der Waals surface area contributed by atoms with Crippen LogP contribution in [0, 0.1) is 17.2 Å². The second kappa shape index (κ2) is 3.11. The Labute approximate surface area is 67.9 Å². The molecule has 1 aliphatic rings. The van der Waals surface area contributed by atoms with Gasteiger partial charge in [-0.25, -0.2) is 0 Å². The second-order valence-electron chi connectivity index (χ2n) is 3.79. The van der Waals surface area contributed by atoms with Crippen LogP contribution in [0.5, 0.6) is 0 Å². The smallest absolute Gasteiger partial charge is 0.185 e. The lowest BCUT2D eigenvalue weighted by Crippen LogP contribution is -2.32. The third-order valence-electron chi connectivity index (χ3n) is 2.04. The third-order valence-corrected chi connectivity index (χ3v) is 2.04. The molecule has 2 unspecified atom stereocenters. The molecular weight excluding hydrogens is 138 g/mol. The topological polar surface area (TPSA) is 61.9 Å². The number of guanidine groups is 1. The van der Waals surface area contributed by atoms with Crippen molar-refractivity contribution in [3.8, 4) is 0 Å². The summed E-state index contributed by atoms with van der Waals surface area (Å²) >= 11 is 0. The van der Waals surface area contributed by atoms with E-state index in [9.17, 15) is 0 Å². The Morgan fingerprint density at radius 3 is 2.82 bits per heavy atom. The maximum atomic E-state index is 7.00. The zero-order chi connectivity index (χ0) is 8.43. The van der Waals surface area contributed by atoms with Crippen molar-refractivity contribution in [1.29, 1.82) is 5.41 Å². The van der Waals surface area contributed by atoms with Gasteiger partial charge < -0.3 is 11.1 Å². The molecule has 0 aromatic carbocycles. The standard InChI is InChI=1S/C8H17N3/c1-5(2)3-6-4-7(6)11-8(9)10/h5-7H,3-4H2,1-2H3,(H4,9,10,11).